The maximum absolute atomic E-state index is 13.0. The molecule has 2 fully saturated rings. The summed E-state index contributed by atoms with van der Waals surface area (Å²) in [7, 11) is 0. The molecule has 0 aromatic carbocycles. The van der Waals surface area contributed by atoms with Crippen LogP contribution in [0.2, 0.25) is 0 Å². The molecule has 0 unspecified atom stereocenters. The Kier molecular flexibility index (Phi) is 5.85. The minimum Gasteiger partial charge on any atom is -0.339 e. The zero-order valence-corrected chi connectivity index (χ0v) is 15.0. The first-order chi connectivity index (χ1) is 11.6. The standard InChI is InChI=1S/C19H30N4O/c1-16(2)18(22-9-3-4-10-22)19(24)23-13-11-21(12-14-23)15-17-5-7-20-8-6-17/h5-8,16,18H,3-4,9-15H2,1-2H3/t18-/m1/s1. The van der Waals surface area contributed by atoms with E-state index in [1.165, 1.54) is 18.4 Å². The number of hydrogen-bond donors (Lipinski definition) is 0. The molecule has 132 valence electrons. The monoisotopic (exact) mass is 330 g/mol. The molecule has 5 heteroatoms. The number of carbonyl (C=O) groups excluding carboxylic acids is 1. The van der Waals surface area contributed by atoms with Crippen LogP contribution in [0.1, 0.15) is 32.3 Å². The molecule has 0 bridgehead atoms. The summed E-state index contributed by atoms with van der Waals surface area (Å²) in [6, 6.07) is 4.21. The Bertz CT molecular complexity index is 519. The summed E-state index contributed by atoms with van der Waals surface area (Å²) in [6.07, 6.45) is 6.16. The van der Waals surface area contributed by atoms with E-state index < -0.39 is 0 Å². The van der Waals surface area contributed by atoms with Gasteiger partial charge in [-0.3, -0.25) is 19.6 Å². The van der Waals surface area contributed by atoms with Crippen LogP contribution in [0.4, 0.5) is 0 Å². The highest BCUT2D eigenvalue weighted by molar-refractivity contribution is 5.82. The fourth-order valence-electron chi connectivity index (χ4n) is 3.94. The number of hydrogen-bond acceptors (Lipinski definition) is 4. The summed E-state index contributed by atoms with van der Waals surface area (Å²) in [5.74, 6) is 0.723. The zero-order valence-electron chi connectivity index (χ0n) is 15.0. The van der Waals surface area contributed by atoms with Crippen molar-refractivity contribution in [1.82, 2.24) is 19.7 Å². The first-order valence-corrected chi connectivity index (χ1v) is 9.29. The van der Waals surface area contributed by atoms with Crippen LogP contribution in [-0.4, -0.2) is 70.9 Å². The molecule has 1 aromatic rings. The van der Waals surface area contributed by atoms with Crippen LogP contribution in [0.25, 0.3) is 0 Å². The molecule has 0 radical (unpaired) electrons. The van der Waals surface area contributed by atoms with Crippen molar-refractivity contribution in [3.8, 4) is 0 Å². The fourth-order valence-corrected chi connectivity index (χ4v) is 3.94. The van der Waals surface area contributed by atoms with Crippen molar-refractivity contribution in [2.75, 3.05) is 39.3 Å². The van der Waals surface area contributed by atoms with Crippen molar-refractivity contribution in [3.05, 3.63) is 30.1 Å². The van der Waals surface area contributed by atoms with Crippen molar-refractivity contribution in [2.45, 2.75) is 39.3 Å². The minimum atomic E-state index is 0.0687. The lowest BCUT2D eigenvalue weighted by atomic mass is 10.0. The number of aromatic nitrogens is 1. The number of piperazine rings is 1. The molecule has 1 amide bonds. The quantitative estimate of drug-likeness (QED) is 0.826. The number of pyridine rings is 1. The predicted molar refractivity (Wildman–Crippen MR) is 95.5 cm³/mol. The van der Waals surface area contributed by atoms with Gasteiger partial charge in [0.05, 0.1) is 6.04 Å². The summed E-state index contributed by atoms with van der Waals surface area (Å²) in [5, 5.41) is 0. The molecule has 0 aliphatic carbocycles. The number of nitrogens with zero attached hydrogens (tertiary/aromatic N) is 4. The van der Waals surface area contributed by atoms with Crippen LogP contribution < -0.4 is 0 Å². The average molecular weight is 330 g/mol. The lowest BCUT2D eigenvalue weighted by Gasteiger charge is -2.39. The number of amides is 1. The Morgan fingerprint density at radius 2 is 1.67 bits per heavy atom. The van der Waals surface area contributed by atoms with Gasteiger partial charge in [0.2, 0.25) is 5.91 Å². The summed E-state index contributed by atoms with van der Waals surface area (Å²) in [6.45, 7) is 11.1. The third kappa shape index (κ3) is 4.14. The van der Waals surface area contributed by atoms with E-state index in [0.29, 0.717) is 11.8 Å². The molecular formula is C19H30N4O. The van der Waals surface area contributed by atoms with Crippen LogP contribution >= 0.6 is 0 Å². The lowest BCUT2D eigenvalue weighted by Crippen LogP contribution is -2.55. The van der Waals surface area contributed by atoms with Crippen LogP contribution in [0, 0.1) is 5.92 Å². The second-order valence-electron chi connectivity index (χ2n) is 7.39. The average Bonchev–Trinajstić information content (AvgIpc) is 3.10. The lowest BCUT2D eigenvalue weighted by molar-refractivity contribution is -0.140. The Hall–Kier alpha value is -1.46. The molecule has 0 spiro atoms. The summed E-state index contributed by atoms with van der Waals surface area (Å²) in [4.78, 5) is 24.0. The van der Waals surface area contributed by atoms with Crippen LogP contribution in [-0.2, 0) is 11.3 Å². The molecule has 3 heterocycles. The van der Waals surface area contributed by atoms with E-state index in [-0.39, 0.29) is 6.04 Å². The molecule has 0 saturated carbocycles. The Morgan fingerprint density at radius 1 is 1.04 bits per heavy atom. The van der Waals surface area contributed by atoms with Gasteiger partial charge in [0.25, 0.3) is 0 Å². The van der Waals surface area contributed by atoms with Crippen molar-refractivity contribution in [2.24, 2.45) is 5.92 Å². The predicted octanol–water partition coefficient (Wildman–Crippen LogP) is 1.85. The van der Waals surface area contributed by atoms with Crippen molar-refractivity contribution in [3.63, 3.8) is 0 Å². The van der Waals surface area contributed by atoms with Gasteiger partial charge in [-0.2, -0.15) is 0 Å². The van der Waals surface area contributed by atoms with Gasteiger partial charge in [0, 0.05) is 45.1 Å². The van der Waals surface area contributed by atoms with Gasteiger partial charge >= 0.3 is 0 Å². The maximum Gasteiger partial charge on any atom is 0.240 e. The zero-order chi connectivity index (χ0) is 16.9. The first-order valence-electron chi connectivity index (χ1n) is 9.29. The number of rotatable bonds is 5. The van der Waals surface area contributed by atoms with Crippen molar-refractivity contribution < 1.29 is 4.79 Å². The number of carbonyl (C=O) groups is 1. The van der Waals surface area contributed by atoms with Gasteiger partial charge < -0.3 is 4.90 Å². The normalized spacial score (nSPS) is 21.4. The summed E-state index contributed by atoms with van der Waals surface area (Å²) in [5.41, 5.74) is 1.29. The maximum atomic E-state index is 13.0. The van der Waals surface area contributed by atoms with E-state index in [4.69, 9.17) is 0 Å². The van der Waals surface area contributed by atoms with Crippen molar-refractivity contribution in [1.29, 1.82) is 0 Å². The highest BCUT2D eigenvalue weighted by atomic mass is 16.2. The molecule has 2 saturated heterocycles. The van der Waals surface area contributed by atoms with Gasteiger partial charge in [-0.15, -0.1) is 0 Å². The minimum absolute atomic E-state index is 0.0687. The molecule has 2 aliphatic rings. The van der Waals surface area contributed by atoms with E-state index in [2.05, 4.69) is 45.7 Å². The van der Waals surface area contributed by atoms with Crippen LogP contribution in [0.5, 0.6) is 0 Å². The molecule has 24 heavy (non-hydrogen) atoms. The first kappa shape index (κ1) is 17.4. The summed E-state index contributed by atoms with van der Waals surface area (Å²) < 4.78 is 0. The Morgan fingerprint density at radius 3 is 2.25 bits per heavy atom. The van der Waals surface area contributed by atoms with Gasteiger partial charge in [0.15, 0.2) is 0 Å². The molecule has 0 N–H and O–H groups in total. The Labute approximate surface area is 145 Å². The second kappa shape index (κ2) is 8.08. The van der Waals surface area contributed by atoms with Gasteiger partial charge in [-0.25, -0.2) is 0 Å². The molecule has 1 aromatic heterocycles. The van der Waals surface area contributed by atoms with E-state index in [1.54, 1.807) is 0 Å². The van der Waals surface area contributed by atoms with E-state index in [0.717, 1.165) is 45.8 Å². The highest BCUT2D eigenvalue weighted by Crippen LogP contribution is 2.20. The smallest absolute Gasteiger partial charge is 0.240 e. The molecular weight excluding hydrogens is 300 g/mol. The van der Waals surface area contributed by atoms with E-state index in [1.807, 2.05) is 12.4 Å². The van der Waals surface area contributed by atoms with Crippen LogP contribution in [0.3, 0.4) is 0 Å². The SMILES string of the molecule is CC(C)[C@H](C(=O)N1CCN(Cc2ccncc2)CC1)N1CCCC1. The largest absolute Gasteiger partial charge is 0.339 e. The third-order valence-corrected chi connectivity index (χ3v) is 5.26. The van der Waals surface area contributed by atoms with E-state index in [9.17, 15) is 4.79 Å². The number of likely N-dealkylation sites (tertiary alicyclic amines) is 1. The van der Waals surface area contributed by atoms with Crippen LogP contribution in [0.15, 0.2) is 24.5 Å². The topological polar surface area (TPSA) is 39.7 Å². The van der Waals surface area contributed by atoms with Gasteiger partial charge in [-0.05, 0) is 49.5 Å². The Balaban J connectivity index is 1.54. The molecule has 1 atom stereocenters. The van der Waals surface area contributed by atoms with Gasteiger partial charge in [-0.1, -0.05) is 13.8 Å². The molecule has 5 nitrogen and oxygen atoms in total. The molecule has 3 rings (SSSR count). The molecule has 2 aliphatic heterocycles. The second-order valence-corrected chi connectivity index (χ2v) is 7.39. The highest BCUT2D eigenvalue weighted by Gasteiger charge is 2.34. The van der Waals surface area contributed by atoms with Crippen molar-refractivity contribution >= 4 is 5.91 Å². The summed E-state index contributed by atoms with van der Waals surface area (Å²) >= 11 is 0. The van der Waals surface area contributed by atoms with E-state index >= 15 is 0 Å². The third-order valence-electron chi connectivity index (χ3n) is 5.26. The fraction of sp³-hybridized carbons (Fsp3) is 0.684. The van der Waals surface area contributed by atoms with Gasteiger partial charge in [0.1, 0.15) is 0 Å².